The average Bonchev–Trinajstić information content (AvgIpc) is 2.94. The van der Waals surface area contributed by atoms with Crippen molar-refractivity contribution < 1.29 is 4.74 Å². The molecule has 1 aromatic heterocycles. The third-order valence-electron chi connectivity index (χ3n) is 3.65. The van der Waals surface area contributed by atoms with Crippen LogP contribution in [0, 0.1) is 3.57 Å². The number of rotatable bonds is 3. The molecule has 3 atom stereocenters. The van der Waals surface area contributed by atoms with Crippen LogP contribution in [0.4, 0.5) is 0 Å². The third-order valence-corrected chi connectivity index (χ3v) is 4.55. The van der Waals surface area contributed by atoms with Crippen LogP contribution in [0.5, 0.6) is 0 Å². The van der Waals surface area contributed by atoms with Gasteiger partial charge in [-0.3, -0.25) is 4.68 Å². The molecule has 2 bridgehead atoms. The van der Waals surface area contributed by atoms with Gasteiger partial charge in [-0.25, -0.2) is 0 Å². The number of hydrogen-bond acceptors (Lipinski definition) is 3. The lowest BCUT2D eigenvalue weighted by molar-refractivity contribution is 0.0972. The molecule has 2 fully saturated rings. The summed E-state index contributed by atoms with van der Waals surface area (Å²) in [5.74, 6) is 0. The fourth-order valence-electron chi connectivity index (χ4n) is 2.72. The van der Waals surface area contributed by atoms with E-state index in [4.69, 9.17) is 4.74 Å². The number of aromatic nitrogens is 2. The van der Waals surface area contributed by atoms with Gasteiger partial charge in [0.2, 0.25) is 0 Å². The topological polar surface area (TPSA) is 39.1 Å². The molecule has 4 nitrogen and oxygen atoms in total. The summed E-state index contributed by atoms with van der Waals surface area (Å²) in [7, 11) is 2.00. The molecular weight excluding hydrogens is 317 g/mol. The Bertz CT molecular complexity index is 373. The van der Waals surface area contributed by atoms with E-state index in [0.29, 0.717) is 18.2 Å². The molecule has 88 valence electrons. The first-order valence-corrected chi connectivity index (χ1v) is 6.87. The van der Waals surface area contributed by atoms with Gasteiger partial charge in [-0.2, -0.15) is 5.10 Å². The number of nitrogens with zero attached hydrogens (tertiary/aromatic N) is 2. The second-order valence-corrected chi connectivity index (χ2v) is 5.82. The molecule has 2 saturated heterocycles. The van der Waals surface area contributed by atoms with E-state index in [1.165, 1.54) is 28.5 Å². The SMILES string of the molecule is Cn1ncc(I)c1CN[C@@H]1C[C@H]2CC[C@H]1O2. The van der Waals surface area contributed by atoms with E-state index >= 15 is 0 Å². The van der Waals surface area contributed by atoms with Crippen molar-refractivity contribution in [1.82, 2.24) is 15.1 Å². The van der Waals surface area contributed by atoms with E-state index in [9.17, 15) is 0 Å². The van der Waals surface area contributed by atoms with Crippen LogP contribution in [0.25, 0.3) is 0 Å². The summed E-state index contributed by atoms with van der Waals surface area (Å²) < 4.78 is 9.01. The summed E-state index contributed by atoms with van der Waals surface area (Å²) in [5, 5.41) is 7.85. The summed E-state index contributed by atoms with van der Waals surface area (Å²) in [5.41, 5.74) is 1.27. The maximum Gasteiger partial charge on any atom is 0.0733 e. The van der Waals surface area contributed by atoms with Gasteiger partial charge in [0, 0.05) is 19.6 Å². The molecule has 0 unspecified atom stereocenters. The molecule has 3 rings (SSSR count). The van der Waals surface area contributed by atoms with Crippen LogP contribution >= 0.6 is 22.6 Å². The average molecular weight is 333 g/mol. The number of hydrogen-bond donors (Lipinski definition) is 1. The molecule has 0 amide bonds. The number of nitrogens with one attached hydrogen (secondary N) is 1. The first-order valence-electron chi connectivity index (χ1n) is 5.79. The van der Waals surface area contributed by atoms with Crippen molar-refractivity contribution in [2.45, 2.75) is 44.1 Å². The number of halogens is 1. The normalized spacial score (nSPS) is 32.5. The van der Waals surface area contributed by atoms with Crippen molar-refractivity contribution in [2.24, 2.45) is 7.05 Å². The molecule has 0 spiro atoms. The summed E-state index contributed by atoms with van der Waals surface area (Å²) in [4.78, 5) is 0. The highest BCUT2D eigenvalue weighted by molar-refractivity contribution is 14.1. The number of ether oxygens (including phenoxy) is 1. The smallest absolute Gasteiger partial charge is 0.0733 e. The van der Waals surface area contributed by atoms with Gasteiger partial charge in [-0.05, 0) is 41.9 Å². The van der Waals surface area contributed by atoms with Crippen molar-refractivity contribution in [3.63, 3.8) is 0 Å². The van der Waals surface area contributed by atoms with Gasteiger partial charge in [0.15, 0.2) is 0 Å². The highest BCUT2D eigenvalue weighted by atomic mass is 127. The lowest BCUT2D eigenvalue weighted by atomic mass is 9.95. The van der Waals surface area contributed by atoms with Crippen molar-refractivity contribution in [2.75, 3.05) is 0 Å². The standard InChI is InChI=1S/C11H16IN3O/c1-15-10(8(12)5-14-15)6-13-9-4-7-2-3-11(9)16-7/h5,7,9,11,13H,2-4,6H2,1H3/t7-,9-,11-/m1/s1. The largest absolute Gasteiger partial charge is 0.373 e. The quantitative estimate of drug-likeness (QED) is 0.851. The molecule has 0 aromatic carbocycles. The Morgan fingerprint density at radius 2 is 2.50 bits per heavy atom. The zero-order valence-electron chi connectivity index (χ0n) is 9.32. The fraction of sp³-hybridized carbons (Fsp3) is 0.727. The minimum atomic E-state index is 0.455. The molecule has 2 aliphatic rings. The van der Waals surface area contributed by atoms with Crippen LogP contribution in [0.15, 0.2) is 6.20 Å². The van der Waals surface area contributed by atoms with Gasteiger partial charge in [-0.15, -0.1) is 0 Å². The third kappa shape index (κ3) is 1.89. The van der Waals surface area contributed by atoms with E-state index in [0.717, 1.165) is 6.54 Å². The van der Waals surface area contributed by atoms with Gasteiger partial charge < -0.3 is 10.1 Å². The highest BCUT2D eigenvalue weighted by Gasteiger charge is 2.40. The van der Waals surface area contributed by atoms with Gasteiger partial charge in [0.25, 0.3) is 0 Å². The Morgan fingerprint density at radius 3 is 3.06 bits per heavy atom. The summed E-state index contributed by atoms with van der Waals surface area (Å²) in [6, 6.07) is 0.546. The van der Waals surface area contributed by atoms with Gasteiger partial charge in [0.05, 0.1) is 27.7 Å². The Morgan fingerprint density at radius 1 is 1.62 bits per heavy atom. The highest BCUT2D eigenvalue weighted by Crippen LogP contribution is 2.34. The Hall–Kier alpha value is -0.140. The minimum Gasteiger partial charge on any atom is -0.373 e. The fourth-order valence-corrected chi connectivity index (χ4v) is 3.38. The summed E-state index contributed by atoms with van der Waals surface area (Å²) in [6.07, 6.45) is 6.55. The van der Waals surface area contributed by atoms with Gasteiger partial charge >= 0.3 is 0 Å². The van der Waals surface area contributed by atoms with Crippen molar-refractivity contribution in [1.29, 1.82) is 0 Å². The molecule has 16 heavy (non-hydrogen) atoms. The molecular formula is C11H16IN3O. The predicted octanol–water partition coefficient (Wildman–Crippen LogP) is 1.43. The Balaban J connectivity index is 1.61. The first-order chi connectivity index (χ1) is 7.74. The van der Waals surface area contributed by atoms with Crippen molar-refractivity contribution >= 4 is 22.6 Å². The van der Waals surface area contributed by atoms with E-state index in [2.05, 4.69) is 33.0 Å². The lowest BCUT2D eigenvalue weighted by Gasteiger charge is -2.20. The molecule has 1 aromatic rings. The summed E-state index contributed by atoms with van der Waals surface area (Å²) >= 11 is 2.34. The van der Waals surface area contributed by atoms with Gasteiger partial charge in [-0.1, -0.05) is 0 Å². The molecule has 3 heterocycles. The second kappa shape index (κ2) is 4.27. The van der Waals surface area contributed by atoms with Crippen LogP contribution in [0.2, 0.25) is 0 Å². The molecule has 0 aliphatic carbocycles. The maximum absolute atomic E-state index is 5.83. The van der Waals surface area contributed by atoms with E-state index < -0.39 is 0 Å². The lowest BCUT2D eigenvalue weighted by Crippen LogP contribution is -2.37. The van der Waals surface area contributed by atoms with E-state index in [1.54, 1.807) is 0 Å². The molecule has 0 saturated carbocycles. The number of fused-ring (bicyclic) bond motifs is 2. The minimum absolute atomic E-state index is 0.455. The van der Waals surface area contributed by atoms with E-state index in [-0.39, 0.29) is 0 Å². The Kier molecular flexibility index (Phi) is 2.93. The van der Waals surface area contributed by atoms with Crippen LogP contribution < -0.4 is 5.32 Å². The molecule has 2 aliphatic heterocycles. The maximum atomic E-state index is 5.83. The second-order valence-electron chi connectivity index (χ2n) is 4.66. The van der Waals surface area contributed by atoms with Gasteiger partial charge in [0.1, 0.15) is 0 Å². The zero-order chi connectivity index (χ0) is 11.1. The van der Waals surface area contributed by atoms with Crippen molar-refractivity contribution in [3.05, 3.63) is 15.5 Å². The van der Waals surface area contributed by atoms with Crippen LogP contribution in [0.1, 0.15) is 25.0 Å². The van der Waals surface area contributed by atoms with Crippen molar-refractivity contribution in [3.8, 4) is 0 Å². The zero-order valence-corrected chi connectivity index (χ0v) is 11.5. The van der Waals surface area contributed by atoms with Crippen LogP contribution in [-0.4, -0.2) is 28.0 Å². The monoisotopic (exact) mass is 333 g/mol. The van der Waals surface area contributed by atoms with E-state index in [1.807, 2.05) is 17.9 Å². The van der Waals surface area contributed by atoms with Crippen LogP contribution in [-0.2, 0) is 18.3 Å². The first kappa shape index (κ1) is 11.0. The molecule has 0 radical (unpaired) electrons. The molecule has 1 N–H and O–H groups in total. The molecule has 5 heteroatoms. The summed E-state index contributed by atoms with van der Waals surface area (Å²) in [6.45, 7) is 0.895. The number of aryl methyl sites for hydroxylation is 1. The Labute approximate surface area is 109 Å². The van der Waals surface area contributed by atoms with Crippen LogP contribution in [0.3, 0.4) is 0 Å². The predicted molar refractivity (Wildman–Crippen MR) is 69.1 cm³/mol.